The average molecular weight is 324 g/mol. The van der Waals surface area contributed by atoms with Crippen molar-refractivity contribution >= 4 is 0 Å². The van der Waals surface area contributed by atoms with E-state index in [0.717, 1.165) is 32.7 Å². The third kappa shape index (κ3) is 4.23. The number of hydrogen-bond donors (Lipinski definition) is 0. The number of ether oxygens (including phenoxy) is 1. The van der Waals surface area contributed by atoms with E-state index in [2.05, 4.69) is 84.3 Å². The molecule has 0 saturated carbocycles. The first-order valence-corrected chi connectivity index (χ1v) is 8.99. The van der Waals surface area contributed by atoms with E-state index in [0.29, 0.717) is 0 Å². The van der Waals surface area contributed by atoms with Gasteiger partial charge in [0, 0.05) is 26.2 Å². The van der Waals surface area contributed by atoms with Gasteiger partial charge in [0.1, 0.15) is 12.3 Å². The Bertz CT molecular complexity index is 554. The molecule has 0 aromatic heterocycles. The van der Waals surface area contributed by atoms with Gasteiger partial charge in [-0.25, -0.2) is 0 Å². The quantitative estimate of drug-likeness (QED) is 0.804. The average Bonchev–Trinajstić information content (AvgIpc) is 2.67. The van der Waals surface area contributed by atoms with Crippen molar-refractivity contribution in [3.8, 4) is 0 Å². The third-order valence-corrected chi connectivity index (χ3v) is 4.91. The molecule has 2 aromatic rings. The van der Waals surface area contributed by atoms with Gasteiger partial charge in [0.15, 0.2) is 0 Å². The van der Waals surface area contributed by atoms with Crippen LogP contribution in [-0.2, 0) is 4.74 Å². The third-order valence-electron chi connectivity index (χ3n) is 4.91. The molecule has 0 bridgehead atoms. The molecule has 1 aliphatic heterocycles. The number of nitrogens with zero attached hydrogens (tertiary/aromatic N) is 2. The Morgan fingerprint density at radius 1 is 0.833 bits per heavy atom. The maximum Gasteiger partial charge on any atom is 0.110 e. The first kappa shape index (κ1) is 17.2. The zero-order chi connectivity index (χ0) is 16.8. The lowest BCUT2D eigenvalue weighted by atomic mass is 10.0. The largest absolute Gasteiger partial charge is 0.351 e. The molecule has 0 N–H and O–H groups in total. The monoisotopic (exact) mass is 324 g/mol. The smallest absolute Gasteiger partial charge is 0.110 e. The van der Waals surface area contributed by atoms with Crippen LogP contribution in [0, 0.1) is 0 Å². The Kier molecular flexibility index (Phi) is 6.02. The van der Waals surface area contributed by atoms with Crippen molar-refractivity contribution in [3.05, 3.63) is 71.8 Å². The molecule has 0 radical (unpaired) electrons. The van der Waals surface area contributed by atoms with Crippen LogP contribution in [0.1, 0.15) is 31.1 Å². The van der Waals surface area contributed by atoms with E-state index >= 15 is 0 Å². The SMILES string of the molecule is CCN1CCN(C(C)OC(c2ccccc2)c2ccccc2)CC1. The molecule has 24 heavy (non-hydrogen) atoms. The highest BCUT2D eigenvalue weighted by Gasteiger charge is 2.24. The molecule has 1 unspecified atom stereocenters. The summed E-state index contributed by atoms with van der Waals surface area (Å²) in [6.07, 6.45) is 0.0843. The first-order valence-electron chi connectivity index (χ1n) is 8.99. The molecule has 1 aliphatic rings. The Morgan fingerprint density at radius 2 is 1.33 bits per heavy atom. The second-order valence-electron chi connectivity index (χ2n) is 6.41. The van der Waals surface area contributed by atoms with Crippen LogP contribution in [0.4, 0.5) is 0 Å². The fourth-order valence-electron chi connectivity index (χ4n) is 3.33. The van der Waals surface area contributed by atoms with Gasteiger partial charge < -0.3 is 9.64 Å². The minimum absolute atomic E-state index is 0.0217. The second kappa shape index (κ2) is 8.43. The topological polar surface area (TPSA) is 15.7 Å². The molecule has 3 nitrogen and oxygen atoms in total. The molecule has 1 fully saturated rings. The van der Waals surface area contributed by atoms with Gasteiger partial charge in [-0.15, -0.1) is 0 Å². The summed E-state index contributed by atoms with van der Waals surface area (Å²) in [6.45, 7) is 9.96. The lowest BCUT2D eigenvalue weighted by molar-refractivity contribution is -0.0902. The van der Waals surface area contributed by atoms with Crippen molar-refractivity contribution < 1.29 is 4.74 Å². The molecule has 0 spiro atoms. The van der Waals surface area contributed by atoms with Gasteiger partial charge >= 0.3 is 0 Å². The van der Waals surface area contributed by atoms with Gasteiger partial charge in [-0.3, -0.25) is 4.90 Å². The molecule has 3 heteroatoms. The summed E-state index contributed by atoms with van der Waals surface area (Å²) in [4.78, 5) is 4.94. The Labute approximate surface area is 145 Å². The van der Waals surface area contributed by atoms with Crippen molar-refractivity contribution in [2.75, 3.05) is 32.7 Å². The van der Waals surface area contributed by atoms with Gasteiger partial charge in [0.25, 0.3) is 0 Å². The Hall–Kier alpha value is -1.68. The summed E-state index contributed by atoms with van der Waals surface area (Å²) in [7, 11) is 0. The van der Waals surface area contributed by atoms with Crippen LogP contribution >= 0.6 is 0 Å². The highest BCUT2D eigenvalue weighted by atomic mass is 16.5. The molecule has 3 rings (SSSR count). The minimum atomic E-state index is -0.0217. The van der Waals surface area contributed by atoms with Gasteiger partial charge in [0.05, 0.1) is 0 Å². The summed E-state index contributed by atoms with van der Waals surface area (Å²) in [5, 5.41) is 0. The molecule has 1 atom stereocenters. The zero-order valence-electron chi connectivity index (χ0n) is 14.8. The van der Waals surface area contributed by atoms with Crippen molar-refractivity contribution in [1.29, 1.82) is 0 Å². The lowest BCUT2D eigenvalue weighted by Crippen LogP contribution is -2.50. The number of rotatable bonds is 6. The van der Waals surface area contributed by atoms with Crippen LogP contribution in [-0.4, -0.2) is 48.8 Å². The summed E-state index contributed by atoms with van der Waals surface area (Å²) in [5.74, 6) is 0. The summed E-state index contributed by atoms with van der Waals surface area (Å²) in [6, 6.07) is 21.0. The van der Waals surface area contributed by atoms with Crippen molar-refractivity contribution in [1.82, 2.24) is 9.80 Å². The molecule has 0 aliphatic carbocycles. The summed E-state index contributed by atoms with van der Waals surface area (Å²) in [5.41, 5.74) is 2.42. The number of benzene rings is 2. The molecule has 128 valence electrons. The summed E-state index contributed by atoms with van der Waals surface area (Å²) >= 11 is 0. The Balaban J connectivity index is 1.73. The van der Waals surface area contributed by atoms with Crippen molar-refractivity contribution in [2.24, 2.45) is 0 Å². The van der Waals surface area contributed by atoms with Gasteiger partial charge in [-0.05, 0) is 24.6 Å². The van der Waals surface area contributed by atoms with Crippen LogP contribution in [0.3, 0.4) is 0 Å². The number of hydrogen-bond acceptors (Lipinski definition) is 3. The highest BCUT2D eigenvalue weighted by molar-refractivity contribution is 5.29. The van der Waals surface area contributed by atoms with Crippen LogP contribution < -0.4 is 0 Å². The molecule has 2 aromatic carbocycles. The minimum Gasteiger partial charge on any atom is -0.351 e. The predicted molar refractivity (Wildman–Crippen MR) is 99.0 cm³/mol. The van der Waals surface area contributed by atoms with E-state index in [9.17, 15) is 0 Å². The van der Waals surface area contributed by atoms with E-state index in [1.807, 2.05) is 0 Å². The zero-order valence-corrected chi connectivity index (χ0v) is 14.8. The molecule has 1 heterocycles. The second-order valence-corrected chi connectivity index (χ2v) is 6.41. The Morgan fingerprint density at radius 3 is 1.79 bits per heavy atom. The lowest BCUT2D eigenvalue weighted by Gasteiger charge is -2.38. The van der Waals surface area contributed by atoms with E-state index in [1.165, 1.54) is 11.1 Å². The van der Waals surface area contributed by atoms with Crippen LogP contribution in [0.25, 0.3) is 0 Å². The molecular formula is C21H28N2O. The van der Waals surface area contributed by atoms with E-state index in [1.54, 1.807) is 0 Å². The summed E-state index contributed by atoms with van der Waals surface area (Å²) < 4.78 is 6.54. The fraction of sp³-hybridized carbons (Fsp3) is 0.429. The van der Waals surface area contributed by atoms with Gasteiger partial charge in [-0.1, -0.05) is 67.6 Å². The number of likely N-dealkylation sites (N-methyl/N-ethyl adjacent to an activating group) is 1. The van der Waals surface area contributed by atoms with E-state index in [-0.39, 0.29) is 12.3 Å². The maximum atomic E-state index is 6.54. The van der Waals surface area contributed by atoms with Gasteiger partial charge in [0.2, 0.25) is 0 Å². The normalized spacial score (nSPS) is 18.0. The molecule has 1 saturated heterocycles. The van der Waals surface area contributed by atoms with Gasteiger partial charge in [-0.2, -0.15) is 0 Å². The van der Waals surface area contributed by atoms with Crippen LogP contribution in [0.15, 0.2) is 60.7 Å². The first-order chi connectivity index (χ1) is 11.8. The standard InChI is InChI=1S/C21H28N2O/c1-3-22-14-16-23(17-15-22)18(2)24-21(19-10-6-4-7-11-19)20-12-8-5-9-13-20/h4-13,18,21H,3,14-17H2,1-2H3. The van der Waals surface area contributed by atoms with E-state index < -0.39 is 0 Å². The van der Waals surface area contributed by atoms with Crippen LogP contribution in [0.2, 0.25) is 0 Å². The maximum absolute atomic E-state index is 6.54. The molecule has 0 amide bonds. The number of piperazine rings is 1. The molecular weight excluding hydrogens is 296 g/mol. The highest BCUT2D eigenvalue weighted by Crippen LogP contribution is 2.28. The predicted octanol–water partition coefficient (Wildman–Crippen LogP) is 3.78. The van der Waals surface area contributed by atoms with E-state index in [4.69, 9.17) is 4.74 Å². The van der Waals surface area contributed by atoms with Crippen LogP contribution in [0.5, 0.6) is 0 Å². The van der Waals surface area contributed by atoms with Crippen molar-refractivity contribution in [3.63, 3.8) is 0 Å². The van der Waals surface area contributed by atoms with Crippen molar-refractivity contribution in [2.45, 2.75) is 26.2 Å². The fourth-order valence-corrected chi connectivity index (χ4v) is 3.33.